The second kappa shape index (κ2) is 7.09. The van der Waals surface area contributed by atoms with Gasteiger partial charge in [0.25, 0.3) is 0 Å². The Hall–Kier alpha value is -1.26. The van der Waals surface area contributed by atoms with Crippen molar-refractivity contribution >= 4 is 0 Å². The van der Waals surface area contributed by atoms with Crippen LogP contribution in [-0.4, -0.2) is 13.1 Å². The van der Waals surface area contributed by atoms with Gasteiger partial charge < -0.3 is 5.32 Å². The maximum absolute atomic E-state index is 5.28. The monoisotopic (exact) mass is 215 g/mol. The lowest BCUT2D eigenvalue weighted by molar-refractivity contribution is 0.495. The van der Waals surface area contributed by atoms with Crippen LogP contribution in [0.2, 0.25) is 0 Å². The zero-order chi connectivity index (χ0) is 11.8. The number of hydrogen-bond acceptors (Lipinski definition) is 1. The van der Waals surface area contributed by atoms with E-state index >= 15 is 0 Å². The second-order valence-electron chi connectivity index (χ2n) is 4.25. The van der Waals surface area contributed by atoms with Gasteiger partial charge in [0.05, 0.1) is 0 Å². The van der Waals surface area contributed by atoms with Gasteiger partial charge in [-0.05, 0) is 38.8 Å². The molecule has 0 saturated carbocycles. The van der Waals surface area contributed by atoms with E-state index in [9.17, 15) is 0 Å². The van der Waals surface area contributed by atoms with E-state index in [4.69, 9.17) is 6.42 Å². The van der Waals surface area contributed by atoms with Crippen LogP contribution in [0.15, 0.2) is 24.3 Å². The van der Waals surface area contributed by atoms with Crippen LogP contribution in [0.25, 0.3) is 0 Å². The Balaban J connectivity index is 2.37. The third kappa shape index (κ3) is 4.51. The molecule has 1 aromatic rings. The summed E-state index contributed by atoms with van der Waals surface area (Å²) in [5.74, 6) is 2.70. The molecule has 1 nitrogen and oxygen atoms in total. The fraction of sp³-hybridized carbons (Fsp3) is 0.467. The molecular weight excluding hydrogens is 194 g/mol. The smallest absolute Gasteiger partial charge is 0.0101 e. The summed E-state index contributed by atoms with van der Waals surface area (Å²) in [6.45, 7) is 2.12. The lowest BCUT2D eigenvalue weighted by Gasteiger charge is -2.14. The summed E-state index contributed by atoms with van der Waals surface area (Å²) in [6, 6.07) is 9.31. The molecule has 1 rings (SSSR count). The first-order valence-corrected chi connectivity index (χ1v) is 5.92. The molecule has 0 aliphatic carbocycles. The third-order valence-electron chi connectivity index (χ3n) is 2.95. The SMILES string of the molecule is C#CCCC(CCc1ccc(C)cc1)NC. The van der Waals surface area contributed by atoms with Crippen molar-refractivity contribution in [3.63, 3.8) is 0 Å². The summed E-state index contributed by atoms with van der Waals surface area (Å²) in [5.41, 5.74) is 2.73. The molecule has 0 aliphatic rings. The number of terminal acetylenes is 1. The third-order valence-corrected chi connectivity index (χ3v) is 2.95. The first kappa shape index (κ1) is 12.8. The molecule has 0 aliphatic heterocycles. The predicted molar refractivity (Wildman–Crippen MR) is 70.4 cm³/mol. The van der Waals surface area contributed by atoms with Crippen LogP contribution < -0.4 is 5.32 Å². The van der Waals surface area contributed by atoms with Crippen molar-refractivity contribution in [2.24, 2.45) is 0 Å². The Morgan fingerprint density at radius 3 is 2.50 bits per heavy atom. The molecule has 1 unspecified atom stereocenters. The van der Waals surface area contributed by atoms with E-state index in [-0.39, 0.29) is 0 Å². The van der Waals surface area contributed by atoms with Crippen molar-refractivity contribution < 1.29 is 0 Å². The van der Waals surface area contributed by atoms with E-state index in [1.54, 1.807) is 0 Å². The van der Waals surface area contributed by atoms with E-state index in [1.807, 2.05) is 7.05 Å². The molecule has 1 heteroatoms. The molecule has 0 radical (unpaired) electrons. The maximum Gasteiger partial charge on any atom is 0.0101 e. The molecule has 0 aromatic heterocycles. The van der Waals surface area contributed by atoms with Crippen LogP contribution in [0.3, 0.4) is 0 Å². The molecule has 0 amide bonds. The van der Waals surface area contributed by atoms with Crippen LogP contribution in [0, 0.1) is 19.3 Å². The molecule has 1 N–H and O–H groups in total. The molecule has 0 fully saturated rings. The lowest BCUT2D eigenvalue weighted by Crippen LogP contribution is -2.25. The summed E-state index contributed by atoms with van der Waals surface area (Å²) in [6.07, 6.45) is 9.48. The number of aryl methyl sites for hydroxylation is 2. The molecule has 0 saturated heterocycles. The maximum atomic E-state index is 5.28. The van der Waals surface area contributed by atoms with Gasteiger partial charge in [0.1, 0.15) is 0 Å². The highest BCUT2D eigenvalue weighted by Crippen LogP contribution is 2.09. The van der Waals surface area contributed by atoms with E-state index in [0.717, 1.165) is 25.7 Å². The van der Waals surface area contributed by atoms with Crippen molar-refractivity contribution in [3.8, 4) is 12.3 Å². The Labute approximate surface area is 99.3 Å². The fourth-order valence-corrected chi connectivity index (χ4v) is 1.79. The largest absolute Gasteiger partial charge is 0.317 e. The summed E-state index contributed by atoms with van der Waals surface area (Å²) in [5, 5.41) is 3.32. The normalized spacial score (nSPS) is 12.1. The first-order chi connectivity index (χ1) is 7.76. The molecule has 0 spiro atoms. The number of hydrogen-bond donors (Lipinski definition) is 1. The van der Waals surface area contributed by atoms with Gasteiger partial charge in [0.2, 0.25) is 0 Å². The highest BCUT2D eigenvalue weighted by Gasteiger charge is 2.05. The van der Waals surface area contributed by atoms with Gasteiger partial charge in [-0.3, -0.25) is 0 Å². The molecule has 0 heterocycles. The summed E-state index contributed by atoms with van der Waals surface area (Å²) < 4.78 is 0. The highest BCUT2D eigenvalue weighted by atomic mass is 14.9. The standard InChI is InChI=1S/C15H21N/c1-4-5-6-15(16-3)12-11-14-9-7-13(2)8-10-14/h1,7-10,15-16H,5-6,11-12H2,2-3H3. The minimum atomic E-state index is 0.539. The molecule has 0 bridgehead atoms. The van der Waals surface area contributed by atoms with Crippen LogP contribution in [-0.2, 0) is 6.42 Å². The van der Waals surface area contributed by atoms with Gasteiger partial charge in [0, 0.05) is 12.5 Å². The number of rotatable bonds is 6. The minimum absolute atomic E-state index is 0.539. The number of benzene rings is 1. The Bertz CT molecular complexity index is 331. The fourth-order valence-electron chi connectivity index (χ4n) is 1.79. The second-order valence-corrected chi connectivity index (χ2v) is 4.25. The van der Waals surface area contributed by atoms with E-state index in [2.05, 4.69) is 42.4 Å². The van der Waals surface area contributed by atoms with Gasteiger partial charge in [-0.1, -0.05) is 29.8 Å². The van der Waals surface area contributed by atoms with Crippen molar-refractivity contribution in [1.29, 1.82) is 0 Å². The van der Waals surface area contributed by atoms with Crippen LogP contribution >= 0.6 is 0 Å². The molecule has 16 heavy (non-hydrogen) atoms. The van der Waals surface area contributed by atoms with Crippen LogP contribution in [0.4, 0.5) is 0 Å². The average molecular weight is 215 g/mol. The van der Waals surface area contributed by atoms with E-state index < -0.39 is 0 Å². The van der Waals surface area contributed by atoms with Gasteiger partial charge >= 0.3 is 0 Å². The molecule has 1 aromatic carbocycles. The van der Waals surface area contributed by atoms with Crippen molar-refractivity contribution in [3.05, 3.63) is 35.4 Å². The lowest BCUT2D eigenvalue weighted by atomic mass is 10.0. The molecule has 86 valence electrons. The van der Waals surface area contributed by atoms with Gasteiger partial charge in [-0.2, -0.15) is 0 Å². The Morgan fingerprint density at radius 2 is 1.94 bits per heavy atom. The molecular formula is C15H21N. The van der Waals surface area contributed by atoms with E-state index in [0.29, 0.717) is 6.04 Å². The quantitative estimate of drug-likeness (QED) is 0.719. The van der Waals surface area contributed by atoms with Crippen molar-refractivity contribution in [1.82, 2.24) is 5.32 Å². The zero-order valence-corrected chi connectivity index (χ0v) is 10.3. The van der Waals surface area contributed by atoms with Crippen LogP contribution in [0.1, 0.15) is 30.4 Å². The number of nitrogens with one attached hydrogen (secondary N) is 1. The summed E-state index contributed by atoms with van der Waals surface area (Å²) in [4.78, 5) is 0. The zero-order valence-electron chi connectivity index (χ0n) is 10.3. The summed E-state index contributed by atoms with van der Waals surface area (Å²) >= 11 is 0. The van der Waals surface area contributed by atoms with Crippen molar-refractivity contribution in [2.45, 2.75) is 38.6 Å². The Kier molecular flexibility index (Phi) is 5.67. The molecule has 1 atom stereocenters. The van der Waals surface area contributed by atoms with Gasteiger partial charge in [-0.25, -0.2) is 0 Å². The minimum Gasteiger partial charge on any atom is -0.317 e. The predicted octanol–water partition coefficient (Wildman–Crippen LogP) is 2.93. The van der Waals surface area contributed by atoms with Crippen molar-refractivity contribution in [2.75, 3.05) is 7.05 Å². The van der Waals surface area contributed by atoms with Crippen LogP contribution in [0.5, 0.6) is 0 Å². The van der Waals surface area contributed by atoms with Gasteiger partial charge in [0.15, 0.2) is 0 Å². The Morgan fingerprint density at radius 1 is 1.25 bits per heavy atom. The first-order valence-electron chi connectivity index (χ1n) is 5.92. The van der Waals surface area contributed by atoms with E-state index in [1.165, 1.54) is 11.1 Å². The topological polar surface area (TPSA) is 12.0 Å². The highest BCUT2D eigenvalue weighted by molar-refractivity contribution is 5.21. The average Bonchev–Trinajstić information content (AvgIpc) is 2.32. The van der Waals surface area contributed by atoms with Gasteiger partial charge in [-0.15, -0.1) is 12.3 Å². The summed E-state index contributed by atoms with van der Waals surface area (Å²) in [7, 11) is 2.01.